The minimum atomic E-state index is -0.296. The van der Waals surface area contributed by atoms with Crippen molar-refractivity contribution in [2.45, 2.75) is 66.2 Å². The molecule has 0 aliphatic heterocycles. The molecule has 0 atom stereocenters. The number of amides is 2. The van der Waals surface area contributed by atoms with Crippen LogP contribution in [0.2, 0.25) is 0 Å². The van der Waals surface area contributed by atoms with Gasteiger partial charge in [-0.1, -0.05) is 32.0 Å². The quantitative estimate of drug-likeness (QED) is 0.281. The zero-order chi connectivity index (χ0) is 27.0. The number of carbonyl (C=O) groups excluding carboxylic acids is 2. The van der Waals surface area contributed by atoms with Crippen LogP contribution in [0.4, 0.5) is 5.69 Å². The van der Waals surface area contributed by atoms with E-state index in [1.807, 2.05) is 51.1 Å². The Kier molecular flexibility index (Phi) is 6.93. The van der Waals surface area contributed by atoms with Crippen molar-refractivity contribution < 1.29 is 18.4 Å². The van der Waals surface area contributed by atoms with E-state index in [0.717, 1.165) is 63.1 Å². The molecule has 1 aliphatic rings. The monoisotopic (exact) mass is 511 g/mol. The van der Waals surface area contributed by atoms with Crippen molar-refractivity contribution in [3.63, 3.8) is 0 Å². The highest BCUT2D eigenvalue weighted by Gasteiger charge is 2.28. The van der Waals surface area contributed by atoms with E-state index in [4.69, 9.17) is 8.83 Å². The average molecular weight is 512 g/mol. The van der Waals surface area contributed by atoms with Gasteiger partial charge in [-0.05, 0) is 74.4 Å². The predicted octanol–water partition coefficient (Wildman–Crippen LogP) is 6.73. The number of hydrogen-bond acceptors (Lipinski definition) is 5. The minimum absolute atomic E-state index is 0.161. The van der Waals surface area contributed by atoms with Crippen LogP contribution in [-0.2, 0) is 17.6 Å². The molecule has 1 aliphatic carbocycles. The molecule has 0 fully saturated rings. The third-order valence-electron chi connectivity index (χ3n) is 7.13. The number of hydrogen-bond donors (Lipinski definition) is 2. The number of nitrogens with one attached hydrogen (secondary N) is 2. The largest absolute Gasteiger partial charge is 0.464 e. The Labute approximate surface area is 222 Å². The first-order chi connectivity index (χ1) is 18.2. The Morgan fingerprint density at radius 1 is 1.05 bits per heavy atom. The summed E-state index contributed by atoms with van der Waals surface area (Å²) in [5.74, 6) is 0.907. The molecule has 0 unspecified atom stereocenters. The van der Waals surface area contributed by atoms with Crippen LogP contribution in [0.15, 0.2) is 56.6 Å². The molecule has 0 bridgehead atoms. The molecule has 7 nitrogen and oxygen atoms in total. The van der Waals surface area contributed by atoms with Gasteiger partial charge in [0.25, 0.3) is 5.91 Å². The van der Waals surface area contributed by atoms with Gasteiger partial charge >= 0.3 is 0 Å². The topological polar surface area (TPSA) is 96.8 Å². The van der Waals surface area contributed by atoms with E-state index in [-0.39, 0.29) is 24.0 Å². The summed E-state index contributed by atoms with van der Waals surface area (Å²) in [5.41, 5.74) is 10.7. The average Bonchev–Trinajstić information content (AvgIpc) is 3.44. The summed E-state index contributed by atoms with van der Waals surface area (Å²) in [6.07, 6.45) is 4.05. The van der Waals surface area contributed by atoms with Crippen molar-refractivity contribution in [1.82, 2.24) is 5.43 Å². The standard InChI is InChI=1S/C31H33N3O4/c1-17(2)21-9-11-23(12-10-21)32-31(36)30-20(5)29-24(7-6-8-25(29)38-30)33-34-27(35)15-22-16-37-26-14-18(3)13-19(4)28(22)26/h9-14,16-17H,6-8,15H2,1-5H3,(H,32,36)(H,34,35)/b33-24+. The fourth-order valence-electron chi connectivity index (χ4n) is 5.23. The number of hydrazone groups is 1. The van der Waals surface area contributed by atoms with Crippen LogP contribution in [0.3, 0.4) is 0 Å². The van der Waals surface area contributed by atoms with Gasteiger partial charge in [-0.25, -0.2) is 5.43 Å². The summed E-state index contributed by atoms with van der Waals surface area (Å²) in [4.78, 5) is 25.9. The molecule has 2 amide bonds. The number of nitrogens with zero attached hydrogens (tertiary/aromatic N) is 1. The van der Waals surface area contributed by atoms with E-state index in [2.05, 4.69) is 35.8 Å². The van der Waals surface area contributed by atoms with E-state index in [1.54, 1.807) is 6.26 Å². The number of aryl methyl sites for hydroxylation is 3. The third kappa shape index (κ3) is 5.01. The van der Waals surface area contributed by atoms with Gasteiger partial charge in [-0.2, -0.15) is 5.10 Å². The molecular weight excluding hydrogens is 478 g/mol. The highest BCUT2D eigenvalue weighted by molar-refractivity contribution is 6.09. The molecule has 2 aromatic carbocycles. The van der Waals surface area contributed by atoms with E-state index in [1.165, 1.54) is 5.56 Å². The van der Waals surface area contributed by atoms with Crippen LogP contribution in [0.5, 0.6) is 0 Å². The molecule has 4 aromatic rings. The number of anilines is 1. The number of carbonyl (C=O) groups is 2. The molecule has 0 radical (unpaired) electrons. The summed E-state index contributed by atoms with van der Waals surface area (Å²) in [6, 6.07) is 11.9. The summed E-state index contributed by atoms with van der Waals surface area (Å²) in [5, 5.41) is 8.37. The van der Waals surface area contributed by atoms with Crippen molar-refractivity contribution in [3.8, 4) is 0 Å². The van der Waals surface area contributed by atoms with E-state index < -0.39 is 0 Å². The zero-order valence-electron chi connectivity index (χ0n) is 22.5. The molecule has 38 heavy (non-hydrogen) atoms. The van der Waals surface area contributed by atoms with E-state index >= 15 is 0 Å². The molecule has 2 heterocycles. The lowest BCUT2D eigenvalue weighted by atomic mass is 9.93. The smallest absolute Gasteiger partial charge is 0.291 e. The second-order valence-corrected chi connectivity index (χ2v) is 10.4. The van der Waals surface area contributed by atoms with Crippen molar-refractivity contribution >= 4 is 34.2 Å². The van der Waals surface area contributed by atoms with Gasteiger partial charge in [0.1, 0.15) is 11.3 Å². The molecule has 2 N–H and O–H groups in total. The second-order valence-electron chi connectivity index (χ2n) is 10.4. The van der Waals surface area contributed by atoms with Crippen LogP contribution < -0.4 is 10.7 Å². The Bertz CT molecular complexity index is 1550. The van der Waals surface area contributed by atoms with Crippen LogP contribution in [-0.4, -0.2) is 17.5 Å². The highest BCUT2D eigenvalue weighted by atomic mass is 16.4. The maximum absolute atomic E-state index is 13.1. The lowest BCUT2D eigenvalue weighted by Crippen LogP contribution is -2.23. The molecule has 0 spiro atoms. The van der Waals surface area contributed by atoms with Gasteiger partial charge in [-0.15, -0.1) is 0 Å². The van der Waals surface area contributed by atoms with Gasteiger partial charge in [0.15, 0.2) is 5.76 Å². The van der Waals surface area contributed by atoms with E-state index in [0.29, 0.717) is 18.0 Å². The van der Waals surface area contributed by atoms with Crippen molar-refractivity contribution in [3.05, 3.63) is 87.6 Å². The maximum Gasteiger partial charge on any atom is 0.291 e. The van der Waals surface area contributed by atoms with Crippen LogP contribution in [0.1, 0.15) is 82.3 Å². The van der Waals surface area contributed by atoms with E-state index in [9.17, 15) is 9.59 Å². The van der Waals surface area contributed by atoms with Gasteiger partial charge in [0.05, 0.1) is 18.4 Å². The number of fused-ring (bicyclic) bond motifs is 2. The molecule has 7 heteroatoms. The number of benzene rings is 2. The SMILES string of the molecule is Cc1cc(C)c2c(CC(=O)N/N=C3\CCCc4oc(C(=O)Nc5ccc(C(C)C)cc5)c(C)c43)coc2c1. The Morgan fingerprint density at radius 2 is 1.82 bits per heavy atom. The molecule has 2 aromatic heterocycles. The van der Waals surface area contributed by atoms with Crippen LogP contribution in [0, 0.1) is 20.8 Å². The Morgan fingerprint density at radius 3 is 2.55 bits per heavy atom. The fourth-order valence-corrected chi connectivity index (χ4v) is 5.23. The van der Waals surface area contributed by atoms with Gasteiger partial charge in [0.2, 0.25) is 5.91 Å². The normalized spacial score (nSPS) is 14.2. The number of rotatable bonds is 6. The molecule has 5 rings (SSSR count). The lowest BCUT2D eigenvalue weighted by Gasteiger charge is -2.13. The molecule has 0 saturated heterocycles. The Hall–Kier alpha value is -4.13. The van der Waals surface area contributed by atoms with Crippen molar-refractivity contribution in [1.29, 1.82) is 0 Å². The maximum atomic E-state index is 13.1. The summed E-state index contributed by atoms with van der Waals surface area (Å²) in [6.45, 7) is 10.2. The zero-order valence-corrected chi connectivity index (χ0v) is 22.5. The first-order valence-corrected chi connectivity index (χ1v) is 13.1. The highest BCUT2D eigenvalue weighted by Crippen LogP contribution is 2.31. The Balaban J connectivity index is 1.31. The fraction of sp³-hybridized carbons (Fsp3) is 0.323. The first-order valence-electron chi connectivity index (χ1n) is 13.1. The predicted molar refractivity (Wildman–Crippen MR) is 149 cm³/mol. The number of furan rings is 2. The minimum Gasteiger partial charge on any atom is -0.464 e. The summed E-state index contributed by atoms with van der Waals surface area (Å²) in [7, 11) is 0. The van der Waals surface area contributed by atoms with Crippen molar-refractivity contribution in [2.24, 2.45) is 5.10 Å². The van der Waals surface area contributed by atoms with Gasteiger partial charge < -0.3 is 14.2 Å². The van der Waals surface area contributed by atoms with Crippen LogP contribution in [0.25, 0.3) is 11.0 Å². The first kappa shape index (κ1) is 25.5. The molecule has 0 saturated carbocycles. The molecular formula is C31H33N3O4. The van der Waals surface area contributed by atoms with Crippen LogP contribution >= 0.6 is 0 Å². The van der Waals surface area contributed by atoms with Crippen molar-refractivity contribution in [2.75, 3.05) is 5.32 Å². The lowest BCUT2D eigenvalue weighted by molar-refractivity contribution is -0.120. The third-order valence-corrected chi connectivity index (χ3v) is 7.13. The van der Waals surface area contributed by atoms with Gasteiger partial charge in [-0.3, -0.25) is 9.59 Å². The molecule has 196 valence electrons. The second kappa shape index (κ2) is 10.3. The summed E-state index contributed by atoms with van der Waals surface area (Å²) >= 11 is 0. The van der Waals surface area contributed by atoms with Gasteiger partial charge in [0, 0.05) is 34.2 Å². The summed E-state index contributed by atoms with van der Waals surface area (Å²) < 4.78 is 11.7.